The van der Waals surface area contributed by atoms with Crippen molar-refractivity contribution in [3.63, 3.8) is 0 Å². The van der Waals surface area contributed by atoms with Gasteiger partial charge in [-0.15, -0.1) is 0 Å². The molecule has 0 aromatic heterocycles. The molecule has 0 aliphatic rings. The highest BCUT2D eigenvalue weighted by Crippen LogP contribution is 2.61. The van der Waals surface area contributed by atoms with Crippen LogP contribution in [0.4, 0.5) is 13.2 Å². The quantitative estimate of drug-likeness (QED) is 0.259. The third kappa shape index (κ3) is 15.6. The molecule has 0 aliphatic carbocycles. The lowest BCUT2D eigenvalue weighted by Crippen LogP contribution is -3.00. The number of unbranched alkanes of at least 4 members (excludes halogenated alkanes) is 4. The Morgan fingerprint density at radius 1 is 0.731 bits per heavy atom. The van der Waals surface area contributed by atoms with Gasteiger partial charge in [-0.25, -0.2) is 0 Å². The molecule has 0 unspecified atom stereocenters. The smallest absolute Gasteiger partial charge is 0.522 e. The van der Waals surface area contributed by atoms with E-state index in [4.69, 9.17) is 13.0 Å². The van der Waals surface area contributed by atoms with Crippen LogP contribution in [-0.4, -0.2) is 43.1 Å². The summed E-state index contributed by atoms with van der Waals surface area (Å²) in [6.07, 6.45) is 17.9. The van der Waals surface area contributed by atoms with Crippen LogP contribution in [-0.2, 0) is 10.1 Å². The van der Waals surface area contributed by atoms with Gasteiger partial charge in [-0.3, -0.25) is 4.55 Å². The van der Waals surface area contributed by atoms with Gasteiger partial charge in [-0.2, -0.15) is 21.6 Å². The maximum absolute atomic E-state index is 10.7. The van der Waals surface area contributed by atoms with Crippen molar-refractivity contribution in [3.05, 3.63) is 0 Å². The average molecular weight is 489 g/mol. The first-order valence-electron chi connectivity index (χ1n) is 9.38. The number of hydrogen-bond acceptors (Lipinski definition) is 2. The standard InChI is InChI=1S/C16H36P.CHF3O3S.BrH/c1-5-9-13-17(14-10-6-2,15-11-7-3)16-12-8-4;2-1(3,4)8(5,6)7;/h5-16H2,1-4H3;(H,5,6,7);1H/q+1;;/p-1. The van der Waals surface area contributed by atoms with E-state index in [-0.39, 0.29) is 17.0 Å². The van der Waals surface area contributed by atoms with Crippen LogP contribution >= 0.6 is 7.26 Å². The van der Waals surface area contributed by atoms with Crippen LogP contribution in [0.15, 0.2) is 0 Å². The normalized spacial score (nSPS) is 12.2. The summed E-state index contributed by atoms with van der Waals surface area (Å²) >= 11 is 0. The van der Waals surface area contributed by atoms with Crippen molar-refractivity contribution in [1.82, 2.24) is 0 Å². The monoisotopic (exact) mass is 488 g/mol. The Labute approximate surface area is 169 Å². The summed E-state index contributed by atoms with van der Waals surface area (Å²) in [5.41, 5.74) is -5.53. The lowest BCUT2D eigenvalue weighted by atomic mass is 10.4. The van der Waals surface area contributed by atoms with Gasteiger partial charge >= 0.3 is 15.6 Å². The van der Waals surface area contributed by atoms with E-state index in [2.05, 4.69) is 27.7 Å². The number of alkyl halides is 3. The van der Waals surface area contributed by atoms with E-state index >= 15 is 0 Å². The molecule has 0 rings (SSSR count). The second-order valence-corrected chi connectivity index (χ2v) is 12.5. The van der Waals surface area contributed by atoms with Crippen molar-refractivity contribution >= 4 is 17.4 Å². The highest BCUT2D eigenvalue weighted by Gasteiger charge is 2.44. The predicted molar refractivity (Wildman–Crippen MR) is 104 cm³/mol. The Hall–Kier alpha value is 0.610. The van der Waals surface area contributed by atoms with Gasteiger partial charge in [0.2, 0.25) is 0 Å². The Morgan fingerprint density at radius 2 is 0.923 bits per heavy atom. The summed E-state index contributed by atoms with van der Waals surface area (Å²) < 4.78 is 57.5. The van der Waals surface area contributed by atoms with E-state index in [1.54, 1.807) is 24.6 Å². The lowest BCUT2D eigenvalue weighted by molar-refractivity contribution is -0.0510. The minimum Gasteiger partial charge on any atom is -1.00 e. The zero-order valence-electron chi connectivity index (χ0n) is 16.6. The zero-order chi connectivity index (χ0) is 20.0. The number of rotatable bonds is 12. The lowest BCUT2D eigenvalue weighted by Gasteiger charge is -2.28. The van der Waals surface area contributed by atoms with E-state index in [9.17, 15) is 13.2 Å². The molecule has 0 atom stereocenters. The van der Waals surface area contributed by atoms with Gasteiger partial charge in [-0.1, -0.05) is 53.4 Å². The summed E-state index contributed by atoms with van der Waals surface area (Å²) in [7, 11) is -6.40. The predicted octanol–water partition coefficient (Wildman–Crippen LogP) is 3.60. The second-order valence-electron chi connectivity index (χ2n) is 6.57. The molecular formula is C17H37BrF3O3PS. The fraction of sp³-hybridized carbons (Fsp3) is 1.00. The van der Waals surface area contributed by atoms with Crippen molar-refractivity contribution < 1.29 is 43.1 Å². The van der Waals surface area contributed by atoms with Gasteiger partial charge in [0.1, 0.15) is 0 Å². The fourth-order valence-electron chi connectivity index (χ4n) is 2.64. The molecule has 162 valence electrons. The summed E-state index contributed by atoms with van der Waals surface area (Å²) in [6, 6.07) is 0. The Balaban J connectivity index is -0.000000498. The summed E-state index contributed by atoms with van der Waals surface area (Å²) in [6.45, 7) is 9.42. The molecule has 0 amide bonds. The summed E-state index contributed by atoms with van der Waals surface area (Å²) in [5.74, 6) is 0. The van der Waals surface area contributed by atoms with Crippen molar-refractivity contribution in [2.75, 3.05) is 24.6 Å². The largest absolute Gasteiger partial charge is 1.00 e. The molecule has 0 aromatic carbocycles. The van der Waals surface area contributed by atoms with E-state index in [1.165, 1.54) is 51.4 Å². The first-order valence-corrected chi connectivity index (χ1v) is 13.4. The Morgan fingerprint density at radius 3 is 1.04 bits per heavy atom. The van der Waals surface area contributed by atoms with Crippen LogP contribution < -0.4 is 17.0 Å². The van der Waals surface area contributed by atoms with Crippen LogP contribution in [0, 0.1) is 0 Å². The Bertz CT molecular complexity index is 380. The van der Waals surface area contributed by atoms with Crippen molar-refractivity contribution in [2.45, 2.75) is 84.6 Å². The molecule has 0 spiro atoms. The summed E-state index contributed by atoms with van der Waals surface area (Å²) in [5, 5.41) is 0. The SMILES string of the molecule is CCCC[P+](CCCC)(CCCC)CCCC.O=S(=O)(O)C(F)(F)F.[Br-]. The fourth-order valence-corrected chi connectivity index (χ4v) is 7.93. The van der Waals surface area contributed by atoms with Gasteiger partial charge < -0.3 is 17.0 Å². The molecule has 26 heavy (non-hydrogen) atoms. The molecule has 0 radical (unpaired) electrons. The maximum Gasteiger partial charge on any atom is 0.522 e. The minimum atomic E-state index is -5.84. The van der Waals surface area contributed by atoms with Crippen LogP contribution in [0.2, 0.25) is 0 Å². The molecule has 0 heterocycles. The second kappa shape index (κ2) is 16.6. The highest BCUT2D eigenvalue weighted by atomic mass is 79.9. The third-order valence-corrected chi connectivity index (χ3v) is 9.88. The minimum absolute atomic E-state index is 0. The molecule has 0 aliphatic heterocycles. The summed E-state index contributed by atoms with van der Waals surface area (Å²) in [4.78, 5) is 0. The van der Waals surface area contributed by atoms with Crippen molar-refractivity contribution in [2.24, 2.45) is 0 Å². The van der Waals surface area contributed by atoms with Gasteiger partial charge in [0.05, 0.1) is 24.6 Å². The average Bonchev–Trinajstić information content (AvgIpc) is 2.52. The molecule has 0 bridgehead atoms. The van der Waals surface area contributed by atoms with Crippen LogP contribution in [0.5, 0.6) is 0 Å². The van der Waals surface area contributed by atoms with Crippen molar-refractivity contribution in [3.8, 4) is 0 Å². The molecule has 3 nitrogen and oxygen atoms in total. The molecule has 0 saturated heterocycles. The van der Waals surface area contributed by atoms with Crippen LogP contribution in [0.1, 0.15) is 79.1 Å². The molecule has 0 saturated carbocycles. The molecule has 1 N–H and O–H groups in total. The van der Waals surface area contributed by atoms with Gasteiger partial charge in [0, 0.05) is 7.26 Å². The molecule has 0 aromatic rings. The zero-order valence-corrected chi connectivity index (χ0v) is 19.9. The molecule has 9 heteroatoms. The van der Waals surface area contributed by atoms with E-state index < -0.39 is 22.9 Å². The van der Waals surface area contributed by atoms with Gasteiger partial charge in [0.25, 0.3) is 0 Å². The van der Waals surface area contributed by atoms with E-state index in [1.807, 2.05) is 0 Å². The van der Waals surface area contributed by atoms with Gasteiger partial charge in [0.15, 0.2) is 0 Å². The van der Waals surface area contributed by atoms with Gasteiger partial charge in [-0.05, 0) is 25.7 Å². The van der Waals surface area contributed by atoms with Crippen LogP contribution in [0.25, 0.3) is 0 Å². The molecular weight excluding hydrogens is 452 g/mol. The van der Waals surface area contributed by atoms with E-state index in [0.717, 1.165) is 0 Å². The molecule has 0 fully saturated rings. The maximum atomic E-state index is 10.7. The number of hydrogen-bond donors (Lipinski definition) is 1. The number of halogens is 4. The van der Waals surface area contributed by atoms with Crippen molar-refractivity contribution in [1.29, 1.82) is 0 Å². The topological polar surface area (TPSA) is 54.4 Å². The first-order chi connectivity index (χ1) is 11.5. The highest BCUT2D eigenvalue weighted by molar-refractivity contribution is 7.86. The van der Waals surface area contributed by atoms with Crippen LogP contribution in [0.3, 0.4) is 0 Å². The first kappa shape index (κ1) is 31.3. The van der Waals surface area contributed by atoms with E-state index in [0.29, 0.717) is 0 Å². The Kier molecular flexibility index (Phi) is 19.9. The third-order valence-electron chi connectivity index (χ3n) is 4.24.